The van der Waals surface area contributed by atoms with Gasteiger partial charge in [-0.25, -0.2) is 13.2 Å². The molecule has 3 aromatic rings. The Balaban J connectivity index is 1.97. The molecule has 0 aliphatic carbocycles. The molecule has 0 unspecified atom stereocenters. The zero-order chi connectivity index (χ0) is 19.6. The fourth-order valence-corrected chi connectivity index (χ4v) is 3.80. The maximum Gasteiger partial charge on any atom is 0.417 e. The summed E-state index contributed by atoms with van der Waals surface area (Å²) >= 11 is 0. The first-order valence-corrected chi connectivity index (χ1v) is 9.28. The highest BCUT2D eigenvalue weighted by Crippen LogP contribution is 2.21. The molecule has 2 aromatic carbocycles. The van der Waals surface area contributed by atoms with Crippen LogP contribution >= 0.6 is 0 Å². The van der Waals surface area contributed by atoms with Crippen molar-refractivity contribution in [2.24, 2.45) is 0 Å². The molecule has 3 rings (SSSR count). The van der Waals surface area contributed by atoms with Crippen molar-refractivity contribution in [2.75, 3.05) is 7.11 Å². The first-order chi connectivity index (χ1) is 12.8. The van der Waals surface area contributed by atoms with E-state index in [0.717, 1.165) is 6.08 Å². The van der Waals surface area contributed by atoms with Crippen LogP contribution in [0.4, 0.5) is 0 Å². The molecular formula is C17H14N2O7S. The van der Waals surface area contributed by atoms with Crippen LogP contribution in [0, 0.1) is 10.1 Å². The molecule has 0 bridgehead atoms. The van der Waals surface area contributed by atoms with E-state index in [1.54, 1.807) is 12.1 Å². The number of sulfone groups is 1. The summed E-state index contributed by atoms with van der Waals surface area (Å²) in [6.07, 6.45) is 0.948. The Morgan fingerprint density at radius 3 is 2.59 bits per heavy atom. The zero-order valence-electron chi connectivity index (χ0n) is 14.0. The van der Waals surface area contributed by atoms with E-state index in [1.807, 2.05) is 0 Å². The number of ether oxygens (including phenoxy) is 1. The van der Waals surface area contributed by atoms with E-state index in [2.05, 4.69) is 4.98 Å². The number of nitrogens with zero attached hydrogens (tertiary/aromatic N) is 1. The molecule has 0 aliphatic heterocycles. The average Bonchev–Trinajstić information content (AvgIpc) is 2.98. The molecule has 10 heteroatoms. The second-order valence-corrected chi connectivity index (χ2v) is 7.55. The van der Waals surface area contributed by atoms with Gasteiger partial charge in [-0.05, 0) is 35.4 Å². The van der Waals surface area contributed by atoms with Gasteiger partial charge in [-0.15, -0.1) is 0 Å². The highest BCUT2D eigenvalue weighted by Gasteiger charge is 2.29. The molecule has 1 aromatic heterocycles. The Hall–Kier alpha value is -3.40. The van der Waals surface area contributed by atoms with Crippen LogP contribution < -0.4 is 10.5 Å². The number of rotatable bonds is 6. The Bertz CT molecular complexity index is 1190. The van der Waals surface area contributed by atoms with Crippen molar-refractivity contribution in [2.45, 2.75) is 5.75 Å². The monoisotopic (exact) mass is 390 g/mol. The van der Waals surface area contributed by atoms with Crippen LogP contribution in [0.2, 0.25) is 0 Å². The molecule has 9 nitrogen and oxygen atoms in total. The predicted octanol–water partition coefficient (Wildman–Crippen LogP) is 2.32. The van der Waals surface area contributed by atoms with Crippen molar-refractivity contribution in [1.29, 1.82) is 0 Å². The lowest BCUT2D eigenvalue weighted by atomic mass is 10.2. The number of hydrogen-bond donors (Lipinski definition) is 1. The Morgan fingerprint density at radius 1 is 1.26 bits per heavy atom. The van der Waals surface area contributed by atoms with Crippen molar-refractivity contribution in [3.05, 3.63) is 79.3 Å². The Morgan fingerprint density at radius 2 is 1.96 bits per heavy atom. The van der Waals surface area contributed by atoms with Gasteiger partial charge in [0.25, 0.3) is 0 Å². The third-order valence-corrected chi connectivity index (χ3v) is 5.37. The minimum Gasteiger partial charge on any atom is -0.497 e. The number of aromatic nitrogens is 1. The highest BCUT2D eigenvalue weighted by atomic mass is 32.2. The second-order valence-electron chi connectivity index (χ2n) is 5.62. The standard InChI is InChI=1S/C17H14N2O7S/c1-25-13-5-2-11(3-6-13)10-27(23,24)16(19(21)22)9-12-4-7-15-14(8-12)18-17(20)26-15/h2-9H,10H2,1H3,(H,18,20)/b16-9+. The number of oxazole rings is 1. The van der Waals surface area contributed by atoms with Crippen molar-refractivity contribution >= 4 is 27.0 Å². The van der Waals surface area contributed by atoms with Gasteiger partial charge in [0.15, 0.2) is 5.58 Å². The first kappa shape index (κ1) is 18.4. The van der Waals surface area contributed by atoms with E-state index in [0.29, 0.717) is 16.8 Å². The molecule has 0 radical (unpaired) electrons. The fraction of sp³-hybridized carbons (Fsp3) is 0.118. The SMILES string of the molecule is COc1ccc(CS(=O)(=O)/C(=C/c2ccc3oc(=O)[nH]c3c2)[N+](=O)[O-])cc1. The van der Waals surface area contributed by atoms with Gasteiger partial charge in [0, 0.05) is 6.08 Å². The number of methoxy groups -OCH3 is 1. The normalized spacial score (nSPS) is 12.3. The predicted molar refractivity (Wildman–Crippen MR) is 97.4 cm³/mol. The molecule has 140 valence electrons. The second kappa shape index (κ2) is 7.08. The Kier molecular flexibility index (Phi) is 4.82. The molecule has 0 saturated heterocycles. The maximum atomic E-state index is 12.6. The van der Waals surface area contributed by atoms with Gasteiger partial charge < -0.3 is 9.15 Å². The number of H-pyrrole nitrogens is 1. The van der Waals surface area contributed by atoms with Crippen LogP contribution in [-0.2, 0) is 15.6 Å². The van der Waals surface area contributed by atoms with Crippen molar-refractivity contribution in [3.63, 3.8) is 0 Å². The molecule has 0 aliphatic rings. The summed E-state index contributed by atoms with van der Waals surface area (Å²) in [5.41, 5.74) is 1.20. The molecule has 0 spiro atoms. The van der Waals surface area contributed by atoms with E-state index >= 15 is 0 Å². The number of hydrogen-bond acceptors (Lipinski definition) is 7. The third kappa shape index (κ3) is 4.06. The Labute approximate surface area is 153 Å². The maximum absolute atomic E-state index is 12.6. The zero-order valence-corrected chi connectivity index (χ0v) is 14.9. The van der Waals surface area contributed by atoms with Gasteiger partial charge in [0.1, 0.15) is 5.75 Å². The van der Waals surface area contributed by atoms with Crippen LogP contribution in [0.15, 0.2) is 56.7 Å². The fourth-order valence-electron chi connectivity index (χ4n) is 2.47. The van der Waals surface area contributed by atoms with E-state index in [4.69, 9.17) is 9.15 Å². The minimum atomic E-state index is -4.21. The third-order valence-electron chi connectivity index (χ3n) is 3.75. The quantitative estimate of drug-likeness (QED) is 0.504. The van der Waals surface area contributed by atoms with E-state index in [9.17, 15) is 23.3 Å². The summed E-state index contributed by atoms with van der Waals surface area (Å²) in [5.74, 6) is -0.662. The summed E-state index contributed by atoms with van der Waals surface area (Å²) in [7, 11) is -2.74. The molecule has 27 heavy (non-hydrogen) atoms. The summed E-state index contributed by atoms with van der Waals surface area (Å²) in [6.45, 7) is 0. The van der Waals surface area contributed by atoms with Crippen molar-refractivity contribution in [1.82, 2.24) is 4.98 Å². The smallest absolute Gasteiger partial charge is 0.417 e. The van der Waals surface area contributed by atoms with Gasteiger partial charge in [-0.3, -0.25) is 15.1 Å². The lowest BCUT2D eigenvalue weighted by Crippen LogP contribution is -2.14. The summed E-state index contributed by atoms with van der Waals surface area (Å²) in [6, 6.07) is 10.4. The van der Waals surface area contributed by atoms with Gasteiger partial charge in [0.2, 0.25) is 9.84 Å². The molecule has 0 saturated carbocycles. The molecule has 0 amide bonds. The number of aromatic amines is 1. The van der Waals surface area contributed by atoms with Crippen LogP contribution in [0.1, 0.15) is 11.1 Å². The van der Waals surface area contributed by atoms with E-state index in [1.165, 1.54) is 37.4 Å². The highest BCUT2D eigenvalue weighted by molar-refractivity contribution is 7.94. The summed E-state index contributed by atoms with van der Waals surface area (Å²) < 4.78 is 34.9. The minimum absolute atomic E-state index is 0.240. The first-order valence-electron chi connectivity index (χ1n) is 7.63. The molecule has 1 N–H and O–H groups in total. The van der Waals surface area contributed by atoms with Gasteiger partial charge in [-0.2, -0.15) is 0 Å². The topological polar surface area (TPSA) is 133 Å². The van der Waals surface area contributed by atoms with Crippen LogP contribution in [0.5, 0.6) is 5.75 Å². The number of fused-ring (bicyclic) bond motifs is 1. The lowest BCUT2D eigenvalue weighted by Gasteiger charge is -2.04. The lowest BCUT2D eigenvalue weighted by molar-refractivity contribution is -0.410. The number of nitrogens with one attached hydrogen (secondary N) is 1. The summed E-state index contributed by atoms with van der Waals surface area (Å²) in [4.78, 5) is 24.0. The molecular weight excluding hydrogens is 376 g/mol. The summed E-state index contributed by atoms with van der Waals surface area (Å²) in [5, 5.41) is 10.4. The largest absolute Gasteiger partial charge is 0.497 e. The molecule has 1 heterocycles. The van der Waals surface area contributed by atoms with Crippen molar-refractivity contribution < 1.29 is 22.5 Å². The van der Waals surface area contributed by atoms with Gasteiger partial charge in [-0.1, -0.05) is 18.2 Å². The van der Waals surface area contributed by atoms with Crippen LogP contribution in [0.3, 0.4) is 0 Å². The van der Waals surface area contributed by atoms with Gasteiger partial charge in [0.05, 0.1) is 23.3 Å². The molecule has 0 atom stereocenters. The van der Waals surface area contributed by atoms with E-state index in [-0.39, 0.29) is 11.1 Å². The molecule has 0 fully saturated rings. The average molecular weight is 390 g/mol. The number of benzene rings is 2. The van der Waals surface area contributed by atoms with Gasteiger partial charge >= 0.3 is 10.8 Å². The number of nitro groups is 1. The van der Waals surface area contributed by atoms with Crippen LogP contribution in [-0.4, -0.2) is 25.4 Å². The van der Waals surface area contributed by atoms with Crippen molar-refractivity contribution in [3.8, 4) is 5.75 Å². The van der Waals surface area contributed by atoms with E-state index < -0.39 is 31.3 Å². The van der Waals surface area contributed by atoms with Crippen LogP contribution in [0.25, 0.3) is 17.2 Å².